The third-order valence-corrected chi connectivity index (χ3v) is 2.19. The molecule has 0 aromatic heterocycles. The van der Waals surface area contributed by atoms with Gasteiger partial charge in [0.05, 0.1) is 6.54 Å². The summed E-state index contributed by atoms with van der Waals surface area (Å²) in [7, 11) is 0. The summed E-state index contributed by atoms with van der Waals surface area (Å²) in [6.07, 6.45) is -3.77. The van der Waals surface area contributed by atoms with Crippen molar-refractivity contribution in [3.05, 3.63) is 0 Å². The molecule has 0 rings (SSSR count). The van der Waals surface area contributed by atoms with Gasteiger partial charge in [0.1, 0.15) is 11.6 Å². The third-order valence-electron chi connectivity index (χ3n) is 2.19. The minimum atomic E-state index is -4.31. The number of hydrogen-bond acceptors (Lipinski definition) is 3. The Hall–Kier alpha value is -0.780. The molecule has 0 aliphatic heterocycles. The van der Waals surface area contributed by atoms with Gasteiger partial charge in [-0.2, -0.15) is 13.2 Å². The molecule has 0 amide bonds. The molecule has 0 saturated heterocycles. The summed E-state index contributed by atoms with van der Waals surface area (Å²) in [5, 5.41) is 0. The van der Waals surface area contributed by atoms with E-state index >= 15 is 0 Å². The molecule has 0 N–H and O–H groups in total. The lowest BCUT2D eigenvalue weighted by atomic mass is 10.2. The summed E-state index contributed by atoms with van der Waals surface area (Å²) in [4.78, 5) is 12.8. The normalized spacial score (nSPS) is 14.7. The smallest absolute Gasteiger partial charge is 0.401 e. The number of hydrogen-bond donors (Lipinski definition) is 0. The van der Waals surface area contributed by atoms with Crippen LogP contribution in [0.5, 0.6) is 0 Å². The van der Waals surface area contributed by atoms with Gasteiger partial charge in [-0.15, -0.1) is 0 Å². The number of carbonyl (C=O) groups is 1. The molecule has 0 fully saturated rings. The van der Waals surface area contributed by atoms with Crippen LogP contribution in [0.15, 0.2) is 0 Å². The molecular weight excluding hydrogens is 247 g/mol. The van der Waals surface area contributed by atoms with Crippen molar-refractivity contribution in [3.8, 4) is 0 Å². The Labute approximate surface area is 106 Å². The highest BCUT2D eigenvalue weighted by atomic mass is 19.4. The van der Waals surface area contributed by atoms with Gasteiger partial charge in [-0.05, 0) is 40.7 Å². The number of esters is 1. The molecule has 108 valence electrons. The summed E-state index contributed by atoms with van der Waals surface area (Å²) >= 11 is 0. The lowest BCUT2D eigenvalue weighted by Gasteiger charge is -2.30. The van der Waals surface area contributed by atoms with Crippen LogP contribution in [-0.4, -0.2) is 41.8 Å². The van der Waals surface area contributed by atoms with E-state index in [2.05, 4.69) is 0 Å². The van der Waals surface area contributed by atoms with Crippen LogP contribution in [0.3, 0.4) is 0 Å². The first-order chi connectivity index (χ1) is 7.96. The zero-order valence-corrected chi connectivity index (χ0v) is 11.6. The van der Waals surface area contributed by atoms with Gasteiger partial charge in [-0.3, -0.25) is 9.69 Å². The fourth-order valence-electron chi connectivity index (χ4n) is 1.46. The molecule has 0 bridgehead atoms. The van der Waals surface area contributed by atoms with Crippen molar-refractivity contribution < 1.29 is 22.7 Å². The molecular formula is C12H22F3NO2. The van der Waals surface area contributed by atoms with E-state index in [1.165, 1.54) is 6.92 Å². The Balaban J connectivity index is 4.65. The van der Waals surface area contributed by atoms with Crippen LogP contribution < -0.4 is 0 Å². The minimum Gasteiger partial charge on any atom is -0.459 e. The highest BCUT2D eigenvalue weighted by Crippen LogP contribution is 2.19. The molecule has 1 atom stereocenters. The Morgan fingerprint density at radius 2 is 1.78 bits per heavy atom. The topological polar surface area (TPSA) is 29.5 Å². The van der Waals surface area contributed by atoms with Gasteiger partial charge >= 0.3 is 12.1 Å². The summed E-state index contributed by atoms with van der Waals surface area (Å²) < 4.78 is 42.3. The summed E-state index contributed by atoms with van der Waals surface area (Å²) in [6.45, 7) is 7.38. The number of halogens is 3. The fourth-order valence-corrected chi connectivity index (χ4v) is 1.46. The fraction of sp³-hybridized carbons (Fsp3) is 0.917. The van der Waals surface area contributed by atoms with Crippen LogP contribution in [0.4, 0.5) is 13.2 Å². The molecule has 0 saturated carbocycles. The predicted molar refractivity (Wildman–Crippen MR) is 63.2 cm³/mol. The number of carbonyl (C=O) groups excluding carboxylic acids is 1. The second-order valence-corrected chi connectivity index (χ2v) is 5.30. The van der Waals surface area contributed by atoms with E-state index in [4.69, 9.17) is 4.74 Å². The average Bonchev–Trinajstić information content (AvgIpc) is 2.11. The number of rotatable bonds is 5. The maximum atomic E-state index is 12.4. The summed E-state index contributed by atoms with van der Waals surface area (Å²) in [6, 6.07) is -0.897. The van der Waals surface area contributed by atoms with Crippen molar-refractivity contribution >= 4 is 5.97 Å². The van der Waals surface area contributed by atoms with E-state index in [-0.39, 0.29) is 6.54 Å². The van der Waals surface area contributed by atoms with Gasteiger partial charge in [0.15, 0.2) is 0 Å². The maximum Gasteiger partial charge on any atom is 0.401 e. The largest absolute Gasteiger partial charge is 0.459 e. The summed E-state index contributed by atoms with van der Waals surface area (Å²) in [5.41, 5.74) is -0.693. The first-order valence-corrected chi connectivity index (χ1v) is 6.00. The number of alkyl halides is 3. The van der Waals surface area contributed by atoms with Gasteiger partial charge in [-0.25, -0.2) is 0 Å². The van der Waals surface area contributed by atoms with Crippen LogP contribution in [-0.2, 0) is 9.53 Å². The van der Waals surface area contributed by atoms with E-state index < -0.39 is 30.3 Å². The van der Waals surface area contributed by atoms with Gasteiger partial charge < -0.3 is 4.74 Å². The second kappa shape index (κ2) is 6.41. The maximum absolute atomic E-state index is 12.4. The molecule has 3 nitrogen and oxygen atoms in total. The predicted octanol–water partition coefficient (Wildman–Crippen LogP) is 2.99. The van der Waals surface area contributed by atoms with Crippen LogP contribution in [0.25, 0.3) is 0 Å². The number of nitrogens with zero attached hydrogens (tertiary/aromatic N) is 1. The van der Waals surface area contributed by atoms with Crippen molar-refractivity contribution in [3.63, 3.8) is 0 Å². The SMILES string of the molecule is CCCN(CC(F)(F)F)C(C)C(=O)OC(C)(C)C. The Kier molecular flexibility index (Phi) is 6.13. The highest BCUT2D eigenvalue weighted by molar-refractivity contribution is 5.75. The van der Waals surface area contributed by atoms with Crippen molar-refractivity contribution in [1.29, 1.82) is 0 Å². The van der Waals surface area contributed by atoms with Gasteiger partial charge in [-0.1, -0.05) is 6.92 Å². The Morgan fingerprint density at radius 1 is 1.28 bits per heavy atom. The van der Waals surface area contributed by atoms with E-state index in [1.54, 1.807) is 27.7 Å². The van der Waals surface area contributed by atoms with Crippen LogP contribution >= 0.6 is 0 Å². The standard InChI is InChI=1S/C12H22F3NO2/c1-6-7-16(8-12(13,14)15)9(2)10(17)18-11(3,4)5/h9H,6-8H2,1-5H3. The molecule has 0 aromatic rings. The first-order valence-electron chi connectivity index (χ1n) is 6.00. The zero-order valence-electron chi connectivity index (χ0n) is 11.6. The quantitative estimate of drug-likeness (QED) is 0.719. The van der Waals surface area contributed by atoms with Gasteiger partial charge in [0, 0.05) is 0 Å². The number of ether oxygens (including phenoxy) is 1. The first kappa shape index (κ1) is 17.2. The van der Waals surface area contributed by atoms with Crippen molar-refractivity contribution in [1.82, 2.24) is 4.90 Å². The molecule has 0 aromatic carbocycles. The monoisotopic (exact) mass is 269 g/mol. The van der Waals surface area contributed by atoms with E-state index in [1.807, 2.05) is 0 Å². The van der Waals surface area contributed by atoms with E-state index in [9.17, 15) is 18.0 Å². The molecule has 0 aliphatic rings. The highest BCUT2D eigenvalue weighted by Gasteiger charge is 2.35. The molecule has 0 aliphatic carbocycles. The van der Waals surface area contributed by atoms with Crippen molar-refractivity contribution in [2.45, 2.75) is 58.9 Å². The van der Waals surface area contributed by atoms with Crippen molar-refractivity contribution in [2.75, 3.05) is 13.1 Å². The molecule has 0 spiro atoms. The third kappa shape index (κ3) is 7.53. The molecule has 1 unspecified atom stereocenters. The van der Waals surface area contributed by atoms with Crippen LogP contribution in [0.2, 0.25) is 0 Å². The second-order valence-electron chi connectivity index (χ2n) is 5.30. The average molecular weight is 269 g/mol. The van der Waals surface area contributed by atoms with Crippen LogP contribution in [0.1, 0.15) is 41.0 Å². The lowest BCUT2D eigenvalue weighted by Crippen LogP contribution is -2.46. The molecule has 18 heavy (non-hydrogen) atoms. The van der Waals surface area contributed by atoms with E-state index in [0.29, 0.717) is 6.42 Å². The van der Waals surface area contributed by atoms with Gasteiger partial charge in [0.25, 0.3) is 0 Å². The Bertz CT molecular complexity index is 271. The van der Waals surface area contributed by atoms with E-state index in [0.717, 1.165) is 4.90 Å². The summed E-state index contributed by atoms with van der Waals surface area (Å²) in [5.74, 6) is -0.625. The lowest BCUT2D eigenvalue weighted by molar-refractivity contribution is -0.171. The molecule has 6 heteroatoms. The Morgan fingerprint density at radius 3 is 2.11 bits per heavy atom. The molecule has 0 radical (unpaired) electrons. The van der Waals surface area contributed by atoms with Crippen molar-refractivity contribution in [2.24, 2.45) is 0 Å². The minimum absolute atomic E-state index is 0.208. The van der Waals surface area contributed by atoms with Crippen LogP contribution in [0, 0.1) is 0 Å². The van der Waals surface area contributed by atoms with Gasteiger partial charge in [0.2, 0.25) is 0 Å². The zero-order chi connectivity index (χ0) is 14.6. The molecule has 0 heterocycles.